The minimum absolute atomic E-state index is 0.343. The summed E-state index contributed by atoms with van der Waals surface area (Å²) in [6.45, 7) is 3.70. The first-order valence-corrected chi connectivity index (χ1v) is 14.0. The highest BCUT2D eigenvalue weighted by molar-refractivity contribution is 7.86. The molecule has 0 aromatic heterocycles. The van der Waals surface area contributed by atoms with Crippen molar-refractivity contribution in [2.45, 2.75) is 154 Å². The molecule has 4 nitrogen and oxygen atoms in total. The van der Waals surface area contributed by atoms with E-state index in [-0.39, 0.29) is 0 Å². The van der Waals surface area contributed by atoms with E-state index in [9.17, 15) is 13.5 Å². The molecule has 0 rings (SSSR count). The van der Waals surface area contributed by atoms with Gasteiger partial charge in [-0.25, -0.2) is 0 Å². The number of rotatable bonds is 22. The van der Waals surface area contributed by atoms with Crippen molar-refractivity contribution >= 4 is 10.1 Å². The summed E-state index contributed by atoms with van der Waals surface area (Å²) in [6, 6.07) is 0. The minimum Gasteiger partial charge on any atom is -0.392 e. The molecule has 0 radical (unpaired) electrons. The van der Waals surface area contributed by atoms with Gasteiger partial charge in [0.1, 0.15) is 5.25 Å². The van der Waals surface area contributed by atoms with Crippen LogP contribution in [0.4, 0.5) is 0 Å². The van der Waals surface area contributed by atoms with Crippen LogP contribution in [-0.2, 0) is 10.1 Å². The van der Waals surface area contributed by atoms with Gasteiger partial charge in [-0.1, -0.05) is 129 Å². The lowest BCUT2D eigenvalue weighted by Gasteiger charge is -2.16. The maximum Gasteiger partial charge on any atom is 0.270 e. The molecule has 0 aliphatic heterocycles. The Labute approximate surface area is 182 Å². The first-order chi connectivity index (χ1) is 13.9. The molecule has 0 saturated heterocycles. The molecule has 29 heavy (non-hydrogen) atoms. The lowest BCUT2D eigenvalue weighted by molar-refractivity contribution is 0.178. The second kappa shape index (κ2) is 19.8. The summed E-state index contributed by atoms with van der Waals surface area (Å²) in [6.07, 6.45) is 24.1. The lowest BCUT2D eigenvalue weighted by Crippen LogP contribution is -2.31. The number of hydrogen-bond donors (Lipinski definition) is 2. The largest absolute Gasteiger partial charge is 0.392 e. The highest BCUT2D eigenvalue weighted by Crippen LogP contribution is 2.17. The average Bonchev–Trinajstić information content (AvgIpc) is 2.65. The van der Waals surface area contributed by atoms with Crippen LogP contribution in [0, 0.1) is 0 Å². The van der Waals surface area contributed by atoms with Gasteiger partial charge in [0.25, 0.3) is 10.1 Å². The third-order valence-electron chi connectivity index (χ3n) is 6.01. The maximum atomic E-state index is 11.2. The first kappa shape index (κ1) is 28.9. The summed E-state index contributed by atoms with van der Waals surface area (Å²) < 4.78 is 31.5. The topological polar surface area (TPSA) is 74.6 Å². The molecule has 5 heteroatoms. The van der Waals surface area contributed by atoms with Crippen LogP contribution in [0.2, 0.25) is 0 Å². The normalized spacial score (nSPS) is 14.2. The van der Waals surface area contributed by atoms with E-state index in [0.717, 1.165) is 19.3 Å². The molecule has 0 fully saturated rings. The smallest absolute Gasteiger partial charge is 0.270 e. The van der Waals surface area contributed by atoms with Crippen molar-refractivity contribution in [3.63, 3.8) is 0 Å². The molecule has 0 saturated carbocycles. The summed E-state index contributed by atoms with van der Waals surface area (Å²) in [5.74, 6) is 0. The Morgan fingerprint density at radius 3 is 1.10 bits per heavy atom. The molecular formula is C24H50O4S. The third-order valence-corrected chi connectivity index (χ3v) is 7.41. The van der Waals surface area contributed by atoms with Gasteiger partial charge in [-0.05, 0) is 13.3 Å². The summed E-state index contributed by atoms with van der Waals surface area (Å²) in [7, 11) is -4.14. The number of aliphatic hydroxyl groups excluding tert-OH is 1. The summed E-state index contributed by atoms with van der Waals surface area (Å²) in [5, 5.41) is 8.43. The van der Waals surface area contributed by atoms with E-state index in [1.54, 1.807) is 0 Å². The van der Waals surface area contributed by atoms with Crippen LogP contribution in [-0.4, -0.2) is 29.4 Å². The summed E-state index contributed by atoms with van der Waals surface area (Å²) >= 11 is 0. The first-order valence-electron chi connectivity index (χ1n) is 12.5. The zero-order valence-corrected chi connectivity index (χ0v) is 20.2. The monoisotopic (exact) mass is 434 g/mol. The molecule has 2 N–H and O–H groups in total. The van der Waals surface area contributed by atoms with Crippen molar-refractivity contribution in [2.24, 2.45) is 0 Å². The predicted molar refractivity (Wildman–Crippen MR) is 125 cm³/mol. The van der Waals surface area contributed by atoms with E-state index in [1.165, 1.54) is 110 Å². The highest BCUT2D eigenvalue weighted by Gasteiger charge is 2.27. The molecule has 0 aliphatic carbocycles. The highest BCUT2D eigenvalue weighted by atomic mass is 32.2. The fourth-order valence-electron chi connectivity index (χ4n) is 4.06. The average molecular weight is 435 g/mol. The molecule has 0 amide bonds. The van der Waals surface area contributed by atoms with E-state index in [1.807, 2.05) is 0 Å². The van der Waals surface area contributed by atoms with Gasteiger partial charge in [0.15, 0.2) is 0 Å². The van der Waals surface area contributed by atoms with E-state index < -0.39 is 21.5 Å². The zero-order chi connectivity index (χ0) is 21.8. The van der Waals surface area contributed by atoms with E-state index >= 15 is 0 Å². The van der Waals surface area contributed by atoms with Gasteiger partial charge >= 0.3 is 0 Å². The SMILES string of the molecule is CCCCCCCCCCCCCCCCCCCCCC(C(C)O)S(=O)(=O)O. The van der Waals surface area contributed by atoms with Crippen LogP contribution >= 0.6 is 0 Å². The van der Waals surface area contributed by atoms with Crippen molar-refractivity contribution < 1.29 is 18.1 Å². The molecule has 0 aliphatic rings. The number of hydrogen-bond acceptors (Lipinski definition) is 3. The van der Waals surface area contributed by atoms with Crippen molar-refractivity contribution in [2.75, 3.05) is 0 Å². The zero-order valence-electron chi connectivity index (χ0n) is 19.4. The molecule has 0 bridgehead atoms. The fraction of sp³-hybridized carbons (Fsp3) is 1.00. The van der Waals surface area contributed by atoms with Crippen LogP contribution in [0.5, 0.6) is 0 Å². The molecule has 176 valence electrons. The maximum absolute atomic E-state index is 11.2. The van der Waals surface area contributed by atoms with Crippen LogP contribution in [0.3, 0.4) is 0 Å². The second-order valence-corrected chi connectivity index (χ2v) is 10.6. The number of aliphatic hydroxyl groups is 1. The van der Waals surface area contributed by atoms with Crippen LogP contribution < -0.4 is 0 Å². The fourth-order valence-corrected chi connectivity index (χ4v) is 5.03. The van der Waals surface area contributed by atoms with Gasteiger partial charge in [0, 0.05) is 0 Å². The summed E-state index contributed by atoms with van der Waals surface area (Å²) in [4.78, 5) is 0. The van der Waals surface area contributed by atoms with Crippen molar-refractivity contribution in [1.29, 1.82) is 0 Å². The third kappa shape index (κ3) is 19.6. The lowest BCUT2D eigenvalue weighted by atomic mass is 10.0. The minimum atomic E-state index is -4.14. The Balaban J connectivity index is 3.26. The molecule has 2 atom stereocenters. The van der Waals surface area contributed by atoms with Gasteiger partial charge in [0.05, 0.1) is 6.10 Å². The van der Waals surface area contributed by atoms with Gasteiger partial charge in [0.2, 0.25) is 0 Å². The van der Waals surface area contributed by atoms with Gasteiger partial charge in [-0.2, -0.15) is 8.42 Å². The quantitative estimate of drug-likeness (QED) is 0.137. The van der Waals surface area contributed by atoms with Crippen LogP contribution in [0.1, 0.15) is 142 Å². The van der Waals surface area contributed by atoms with Gasteiger partial charge in [-0.15, -0.1) is 0 Å². The predicted octanol–water partition coefficient (Wildman–Crippen LogP) is 7.45. The molecule has 0 spiro atoms. The number of unbranched alkanes of at least 4 members (excludes halogenated alkanes) is 18. The molecule has 0 aromatic carbocycles. The second-order valence-electron chi connectivity index (χ2n) is 8.95. The molecule has 0 heterocycles. The van der Waals surface area contributed by atoms with Gasteiger partial charge in [-0.3, -0.25) is 4.55 Å². The summed E-state index contributed by atoms with van der Waals surface area (Å²) in [5.41, 5.74) is 0. The van der Waals surface area contributed by atoms with Crippen LogP contribution in [0.25, 0.3) is 0 Å². The Morgan fingerprint density at radius 1 is 0.586 bits per heavy atom. The van der Waals surface area contributed by atoms with Crippen LogP contribution in [0.15, 0.2) is 0 Å². The van der Waals surface area contributed by atoms with Crippen molar-refractivity contribution in [1.82, 2.24) is 0 Å². The van der Waals surface area contributed by atoms with Crippen molar-refractivity contribution in [3.05, 3.63) is 0 Å². The molecule has 0 aromatic rings. The Kier molecular flexibility index (Phi) is 19.7. The Morgan fingerprint density at radius 2 is 0.862 bits per heavy atom. The van der Waals surface area contributed by atoms with E-state index in [2.05, 4.69) is 6.92 Å². The van der Waals surface area contributed by atoms with Crippen molar-refractivity contribution in [3.8, 4) is 0 Å². The molecule has 2 unspecified atom stereocenters. The van der Waals surface area contributed by atoms with E-state index in [0.29, 0.717) is 6.42 Å². The standard InChI is InChI=1S/C24H50O4S/c1-3-4-5-6-7-8-9-10-11-12-13-14-15-16-17-18-19-20-21-22-24(23(2)25)29(26,27)28/h23-25H,3-22H2,1-2H3,(H,26,27,28). The molecular weight excluding hydrogens is 384 g/mol. The Bertz CT molecular complexity index is 434. The Hall–Kier alpha value is -0.130. The van der Waals surface area contributed by atoms with E-state index in [4.69, 9.17) is 4.55 Å². The van der Waals surface area contributed by atoms with Gasteiger partial charge < -0.3 is 5.11 Å².